The minimum atomic E-state index is 0.486. The zero-order chi connectivity index (χ0) is 9.54. The van der Waals surface area contributed by atoms with E-state index in [0.717, 1.165) is 25.0 Å². The molecule has 3 nitrogen and oxygen atoms in total. The first-order valence-corrected chi connectivity index (χ1v) is 5.92. The molecule has 1 aliphatic carbocycles. The molecule has 0 amide bonds. The maximum Gasteiger partial charge on any atom is 0.0506 e. The molecule has 14 heavy (non-hydrogen) atoms. The topological polar surface area (TPSA) is 38.5 Å². The maximum absolute atomic E-state index is 6.05. The summed E-state index contributed by atoms with van der Waals surface area (Å²) < 4.78 is 5.51. The van der Waals surface area contributed by atoms with Crippen LogP contribution in [0, 0.1) is 11.8 Å². The average molecular weight is 196 g/mol. The quantitative estimate of drug-likeness (QED) is 0.696. The monoisotopic (exact) mass is 196 g/mol. The van der Waals surface area contributed by atoms with Crippen LogP contribution in [0.5, 0.6) is 0 Å². The van der Waals surface area contributed by atoms with Gasteiger partial charge in [-0.1, -0.05) is 0 Å². The van der Waals surface area contributed by atoms with Gasteiger partial charge in [0.25, 0.3) is 0 Å². The third-order valence-electron chi connectivity index (χ3n) is 4.22. The van der Waals surface area contributed by atoms with Gasteiger partial charge in [-0.3, -0.25) is 4.90 Å². The molecule has 1 saturated carbocycles. The van der Waals surface area contributed by atoms with Gasteiger partial charge in [-0.25, -0.2) is 0 Å². The summed E-state index contributed by atoms with van der Waals surface area (Å²) in [5, 5.41) is 0. The van der Waals surface area contributed by atoms with Crippen LogP contribution in [0.3, 0.4) is 0 Å². The average Bonchev–Trinajstić information content (AvgIpc) is 2.75. The second-order valence-electron chi connectivity index (χ2n) is 5.18. The molecular formula is C11H20N2O. The van der Waals surface area contributed by atoms with E-state index < -0.39 is 0 Å². The molecule has 3 heterocycles. The van der Waals surface area contributed by atoms with Gasteiger partial charge in [-0.2, -0.15) is 0 Å². The highest BCUT2D eigenvalue weighted by Crippen LogP contribution is 2.40. The molecule has 2 N–H and O–H groups in total. The van der Waals surface area contributed by atoms with E-state index in [0.29, 0.717) is 12.1 Å². The number of hydrogen-bond acceptors (Lipinski definition) is 3. The van der Waals surface area contributed by atoms with Crippen LogP contribution in [-0.4, -0.2) is 43.3 Å². The van der Waals surface area contributed by atoms with Gasteiger partial charge in [0.2, 0.25) is 0 Å². The fourth-order valence-corrected chi connectivity index (χ4v) is 3.26. The summed E-state index contributed by atoms with van der Waals surface area (Å²) in [6, 6.07) is 1.20. The summed E-state index contributed by atoms with van der Waals surface area (Å²) in [4.78, 5) is 2.61. The van der Waals surface area contributed by atoms with Gasteiger partial charge >= 0.3 is 0 Å². The van der Waals surface area contributed by atoms with Gasteiger partial charge in [0.05, 0.1) is 6.61 Å². The molecule has 3 aliphatic heterocycles. The fourth-order valence-electron chi connectivity index (χ4n) is 3.26. The molecule has 4 aliphatic rings. The zero-order valence-corrected chi connectivity index (χ0v) is 8.69. The molecule has 4 fully saturated rings. The Balaban J connectivity index is 1.53. The predicted molar refractivity (Wildman–Crippen MR) is 55.0 cm³/mol. The highest BCUT2D eigenvalue weighted by atomic mass is 16.5. The summed E-state index contributed by atoms with van der Waals surface area (Å²) in [5.41, 5.74) is 6.05. The Morgan fingerprint density at radius 2 is 2.36 bits per heavy atom. The Morgan fingerprint density at radius 3 is 2.93 bits per heavy atom. The van der Waals surface area contributed by atoms with Gasteiger partial charge in [0.1, 0.15) is 0 Å². The molecule has 0 aromatic carbocycles. The van der Waals surface area contributed by atoms with E-state index in [1.165, 1.54) is 32.4 Å². The van der Waals surface area contributed by atoms with Crippen LogP contribution in [0.25, 0.3) is 0 Å². The van der Waals surface area contributed by atoms with E-state index >= 15 is 0 Å². The van der Waals surface area contributed by atoms with Crippen molar-refractivity contribution < 1.29 is 4.74 Å². The molecule has 80 valence electrons. The SMILES string of the molecule is NC1C2CC1N(CC1CCCOC1)C2. The van der Waals surface area contributed by atoms with Gasteiger partial charge in [-0.05, 0) is 31.1 Å². The lowest BCUT2D eigenvalue weighted by Crippen LogP contribution is -2.50. The molecule has 4 rings (SSSR count). The zero-order valence-electron chi connectivity index (χ0n) is 8.69. The number of nitrogens with two attached hydrogens (primary N) is 1. The van der Waals surface area contributed by atoms with Crippen molar-refractivity contribution in [1.82, 2.24) is 4.90 Å². The largest absolute Gasteiger partial charge is 0.381 e. The molecule has 0 spiro atoms. The van der Waals surface area contributed by atoms with Crippen molar-refractivity contribution >= 4 is 0 Å². The fraction of sp³-hybridized carbons (Fsp3) is 1.00. The smallest absolute Gasteiger partial charge is 0.0506 e. The first-order chi connectivity index (χ1) is 6.84. The van der Waals surface area contributed by atoms with E-state index in [4.69, 9.17) is 10.5 Å². The minimum absolute atomic E-state index is 0.486. The van der Waals surface area contributed by atoms with Crippen LogP contribution in [-0.2, 0) is 4.74 Å². The van der Waals surface area contributed by atoms with Crippen molar-refractivity contribution in [2.45, 2.75) is 31.3 Å². The standard InChI is InChI=1S/C11H20N2O/c12-11-9-4-10(11)13(6-9)5-8-2-1-3-14-7-8/h8-11H,1-7,12H2. The highest BCUT2D eigenvalue weighted by Gasteiger charge is 2.49. The van der Waals surface area contributed by atoms with E-state index in [1.54, 1.807) is 0 Å². The van der Waals surface area contributed by atoms with E-state index in [1.807, 2.05) is 0 Å². The Morgan fingerprint density at radius 1 is 1.43 bits per heavy atom. The molecule has 4 atom stereocenters. The number of hydrogen-bond donors (Lipinski definition) is 1. The molecule has 3 heteroatoms. The summed E-state index contributed by atoms with van der Waals surface area (Å²) in [6.45, 7) is 4.43. The number of rotatable bonds is 2. The van der Waals surface area contributed by atoms with Gasteiger partial charge in [0.15, 0.2) is 0 Å². The highest BCUT2D eigenvalue weighted by molar-refractivity contribution is 5.07. The van der Waals surface area contributed by atoms with Crippen molar-refractivity contribution in [2.75, 3.05) is 26.3 Å². The third kappa shape index (κ3) is 1.38. The number of nitrogens with zero attached hydrogens (tertiary/aromatic N) is 1. The van der Waals surface area contributed by atoms with Crippen molar-refractivity contribution in [1.29, 1.82) is 0 Å². The normalized spacial score (nSPS) is 47.8. The Bertz CT molecular complexity index is 215. The second-order valence-corrected chi connectivity index (χ2v) is 5.18. The van der Waals surface area contributed by atoms with Crippen LogP contribution in [0.15, 0.2) is 0 Å². The molecule has 0 aromatic heterocycles. The second kappa shape index (κ2) is 3.47. The predicted octanol–water partition coefficient (Wildman–Crippen LogP) is 0.444. The van der Waals surface area contributed by atoms with Gasteiger partial charge in [0, 0.05) is 31.8 Å². The van der Waals surface area contributed by atoms with E-state index in [2.05, 4.69) is 4.90 Å². The molecular weight excluding hydrogens is 176 g/mol. The van der Waals surface area contributed by atoms with Crippen LogP contribution < -0.4 is 5.73 Å². The Labute approximate surface area is 85.6 Å². The lowest BCUT2D eigenvalue weighted by Gasteiger charge is -2.35. The molecule has 2 bridgehead atoms. The third-order valence-corrected chi connectivity index (χ3v) is 4.22. The molecule has 0 aromatic rings. The van der Waals surface area contributed by atoms with Crippen molar-refractivity contribution in [3.05, 3.63) is 0 Å². The Hall–Kier alpha value is -0.120. The first kappa shape index (κ1) is 9.13. The van der Waals surface area contributed by atoms with E-state index in [9.17, 15) is 0 Å². The van der Waals surface area contributed by atoms with Gasteiger partial charge < -0.3 is 10.5 Å². The van der Waals surface area contributed by atoms with Gasteiger partial charge in [-0.15, -0.1) is 0 Å². The minimum Gasteiger partial charge on any atom is -0.381 e. The summed E-state index contributed by atoms with van der Waals surface area (Å²) in [6.07, 6.45) is 3.95. The summed E-state index contributed by atoms with van der Waals surface area (Å²) >= 11 is 0. The maximum atomic E-state index is 6.05. The lowest BCUT2D eigenvalue weighted by molar-refractivity contribution is 0.0371. The number of fused-ring (bicyclic) bond motifs is 1. The summed E-state index contributed by atoms with van der Waals surface area (Å²) in [7, 11) is 0. The molecule has 4 unspecified atom stereocenters. The van der Waals surface area contributed by atoms with Crippen LogP contribution in [0.4, 0.5) is 0 Å². The van der Waals surface area contributed by atoms with E-state index in [-0.39, 0.29) is 0 Å². The Kier molecular flexibility index (Phi) is 2.26. The molecule has 0 radical (unpaired) electrons. The van der Waals surface area contributed by atoms with Crippen molar-refractivity contribution in [3.8, 4) is 0 Å². The van der Waals surface area contributed by atoms with Crippen LogP contribution in [0.1, 0.15) is 19.3 Å². The molecule has 3 saturated heterocycles. The lowest BCUT2D eigenvalue weighted by atomic mass is 9.81. The summed E-state index contributed by atoms with van der Waals surface area (Å²) in [5.74, 6) is 1.58. The van der Waals surface area contributed by atoms with Crippen molar-refractivity contribution in [2.24, 2.45) is 17.6 Å². The first-order valence-electron chi connectivity index (χ1n) is 5.92. The van der Waals surface area contributed by atoms with Crippen LogP contribution in [0.2, 0.25) is 0 Å². The van der Waals surface area contributed by atoms with Crippen LogP contribution >= 0.6 is 0 Å². The number of ether oxygens (including phenoxy) is 1. The van der Waals surface area contributed by atoms with Crippen molar-refractivity contribution in [3.63, 3.8) is 0 Å².